The van der Waals surface area contributed by atoms with Gasteiger partial charge in [0.15, 0.2) is 0 Å². The van der Waals surface area contributed by atoms with Gasteiger partial charge in [0.2, 0.25) is 5.91 Å². The molecule has 0 fully saturated rings. The van der Waals surface area contributed by atoms with E-state index in [1.54, 1.807) is 24.3 Å². The second-order valence-corrected chi connectivity index (χ2v) is 5.65. The standard InChI is InChI=1S/C19H23N3O2.ClH/c1-2-10-21-19(24)16-5-3-4-15(11-16)13-22-18(23)12-14-6-8-17(20)9-7-14;/h3-9,11H,2,10,12-13,20H2,1H3,(H,21,24)(H,22,23);1H. The minimum atomic E-state index is -0.0908. The number of hydrogen-bond donors (Lipinski definition) is 3. The number of benzene rings is 2. The summed E-state index contributed by atoms with van der Waals surface area (Å²) < 4.78 is 0. The third-order valence-electron chi connectivity index (χ3n) is 3.56. The maximum Gasteiger partial charge on any atom is 0.251 e. The zero-order valence-electron chi connectivity index (χ0n) is 14.2. The molecule has 0 heterocycles. The summed E-state index contributed by atoms with van der Waals surface area (Å²) in [4.78, 5) is 24.0. The molecule has 4 N–H and O–H groups in total. The van der Waals surface area contributed by atoms with Gasteiger partial charge in [-0.15, -0.1) is 12.4 Å². The van der Waals surface area contributed by atoms with Crippen molar-refractivity contribution in [1.82, 2.24) is 10.6 Å². The zero-order chi connectivity index (χ0) is 17.4. The highest BCUT2D eigenvalue weighted by Crippen LogP contribution is 2.07. The molecular weight excluding hydrogens is 338 g/mol. The van der Waals surface area contributed by atoms with E-state index in [2.05, 4.69) is 10.6 Å². The number of halogens is 1. The minimum Gasteiger partial charge on any atom is -0.399 e. The summed E-state index contributed by atoms with van der Waals surface area (Å²) in [6, 6.07) is 14.5. The quantitative estimate of drug-likeness (QED) is 0.663. The Morgan fingerprint density at radius 2 is 1.72 bits per heavy atom. The SMILES string of the molecule is CCCNC(=O)c1cccc(CNC(=O)Cc2ccc(N)cc2)c1.Cl. The van der Waals surface area contributed by atoms with Gasteiger partial charge in [-0.25, -0.2) is 0 Å². The summed E-state index contributed by atoms with van der Waals surface area (Å²) in [6.07, 6.45) is 1.20. The van der Waals surface area contributed by atoms with E-state index in [0.717, 1.165) is 17.5 Å². The molecule has 0 saturated carbocycles. The zero-order valence-corrected chi connectivity index (χ0v) is 15.1. The molecule has 0 aliphatic carbocycles. The Hall–Kier alpha value is -2.53. The number of amides is 2. The molecule has 0 aliphatic rings. The van der Waals surface area contributed by atoms with E-state index in [4.69, 9.17) is 5.73 Å². The summed E-state index contributed by atoms with van der Waals surface area (Å²) in [7, 11) is 0. The first-order valence-electron chi connectivity index (χ1n) is 8.06. The smallest absolute Gasteiger partial charge is 0.251 e. The maximum atomic E-state index is 12.0. The van der Waals surface area contributed by atoms with Crippen molar-refractivity contribution in [3.8, 4) is 0 Å². The van der Waals surface area contributed by atoms with Gasteiger partial charge >= 0.3 is 0 Å². The largest absolute Gasteiger partial charge is 0.399 e. The fraction of sp³-hybridized carbons (Fsp3) is 0.263. The summed E-state index contributed by atoms with van der Waals surface area (Å²) >= 11 is 0. The number of hydrogen-bond acceptors (Lipinski definition) is 3. The molecule has 2 aromatic carbocycles. The van der Waals surface area contributed by atoms with E-state index in [1.165, 1.54) is 0 Å². The van der Waals surface area contributed by atoms with Crippen molar-refractivity contribution in [1.29, 1.82) is 0 Å². The van der Waals surface area contributed by atoms with E-state index in [0.29, 0.717) is 30.8 Å². The first-order valence-corrected chi connectivity index (χ1v) is 8.06. The van der Waals surface area contributed by atoms with Crippen molar-refractivity contribution >= 4 is 29.9 Å². The number of carbonyl (C=O) groups is 2. The van der Waals surface area contributed by atoms with Crippen molar-refractivity contribution in [3.05, 3.63) is 65.2 Å². The van der Waals surface area contributed by atoms with Crippen LogP contribution in [0.1, 0.15) is 34.8 Å². The fourth-order valence-corrected chi connectivity index (χ4v) is 2.25. The second-order valence-electron chi connectivity index (χ2n) is 5.65. The monoisotopic (exact) mass is 361 g/mol. The van der Waals surface area contributed by atoms with Crippen LogP contribution in [0, 0.1) is 0 Å². The molecule has 25 heavy (non-hydrogen) atoms. The van der Waals surface area contributed by atoms with E-state index < -0.39 is 0 Å². The molecule has 0 saturated heterocycles. The van der Waals surface area contributed by atoms with Crippen LogP contribution in [-0.2, 0) is 17.8 Å². The summed E-state index contributed by atoms with van der Waals surface area (Å²) in [6.45, 7) is 3.05. The van der Waals surface area contributed by atoms with Crippen molar-refractivity contribution in [2.24, 2.45) is 0 Å². The molecule has 0 aromatic heterocycles. The number of carbonyl (C=O) groups excluding carboxylic acids is 2. The van der Waals surface area contributed by atoms with Gasteiger partial charge < -0.3 is 16.4 Å². The summed E-state index contributed by atoms with van der Waals surface area (Å²) in [5, 5.41) is 5.71. The Balaban J connectivity index is 0.00000312. The Labute approximate surface area is 154 Å². The second kappa shape index (κ2) is 10.4. The highest BCUT2D eigenvalue weighted by molar-refractivity contribution is 5.94. The first kappa shape index (κ1) is 20.5. The van der Waals surface area contributed by atoms with Crippen LogP contribution < -0.4 is 16.4 Å². The highest BCUT2D eigenvalue weighted by atomic mass is 35.5. The predicted octanol–water partition coefficient (Wildman–Crippen LogP) is 2.69. The molecule has 0 atom stereocenters. The Morgan fingerprint density at radius 3 is 2.40 bits per heavy atom. The lowest BCUT2D eigenvalue weighted by atomic mass is 10.1. The number of nitrogens with one attached hydrogen (secondary N) is 2. The van der Waals surface area contributed by atoms with Crippen molar-refractivity contribution in [2.45, 2.75) is 26.3 Å². The average Bonchev–Trinajstić information content (AvgIpc) is 2.60. The van der Waals surface area contributed by atoms with Gasteiger partial charge in [0, 0.05) is 24.3 Å². The van der Waals surface area contributed by atoms with Crippen molar-refractivity contribution < 1.29 is 9.59 Å². The fourth-order valence-electron chi connectivity index (χ4n) is 2.25. The van der Waals surface area contributed by atoms with E-state index in [9.17, 15) is 9.59 Å². The summed E-state index contributed by atoms with van der Waals surface area (Å²) in [5.41, 5.74) is 8.72. The van der Waals surface area contributed by atoms with Crippen LogP contribution in [0.5, 0.6) is 0 Å². The van der Waals surface area contributed by atoms with Gasteiger partial charge in [0.1, 0.15) is 0 Å². The lowest BCUT2D eigenvalue weighted by Crippen LogP contribution is -2.26. The van der Waals surface area contributed by atoms with Gasteiger partial charge in [-0.05, 0) is 41.8 Å². The van der Waals surface area contributed by atoms with Gasteiger partial charge in [0.05, 0.1) is 6.42 Å². The molecule has 0 spiro atoms. The molecule has 6 heteroatoms. The van der Waals surface area contributed by atoms with Gasteiger partial charge in [-0.1, -0.05) is 31.2 Å². The third kappa shape index (κ3) is 6.85. The molecule has 0 bridgehead atoms. The Kier molecular flexibility index (Phi) is 8.50. The number of nitrogens with two attached hydrogens (primary N) is 1. The lowest BCUT2D eigenvalue weighted by molar-refractivity contribution is -0.120. The minimum absolute atomic E-state index is 0. The van der Waals surface area contributed by atoms with Crippen LogP contribution in [0.2, 0.25) is 0 Å². The average molecular weight is 362 g/mol. The molecular formula is C19H24ClN3O2. The van der Waals surface area contributed by atoms with Crippen LogP contribution in [0.3, 0.4) is 0 Å². The van der Waals surface area contributed by atoms with Gasteiger partial charge in [-0.3, -0.25) is 9.59 Å². The molecule has 0 radical (unpaired) electrons. The van der Waals surface area contributed by atoms with Crippen LogP contribution >= 0.6 is 12.4 Å². The molecule has 0 unspecified atom stereocenters. The van der Waals surface area contributed by atoms with Crippen LogP contribution in [0.15, 0.2) is 48.5 Å². The van der Waals surface area contributed by atoms with Crippen LogP contribution in [0.25, 0.3) is 0 Å². The summed E-state index contributed by atoms with van der Waals surface area (Å²) in [5.74, 6) is -0.160. The normalized spacial score (nSPS) is 9.80. The Morgan fingerprint density at radius 1 is 1.00 bits per heavy atom. The Bertz CT molecular complexity index is 702. The van der Waals surface area contributed by atoms with Crippen LogP contribution in [-0.4, -0.2) is 18.4 Å². The van der Waals surface area contributed by atoms with E-state index >= 15 is 0 Å². The molecule has 5 nitrogen and oxygen atoms in total. The van der Waals surface area contributed by atoms with Gasteiger partial charge in [0.25, 0.3) is 5.91 Å². The van der Waals surface area contributed by atoms with Crippen LogP contribution in [0.4, 0.5) is 5.69 Å². The molecule has 134 valence electrons. The van der Waals surface area contributed by atoms with E-state index in [1.807, 2.05) is 31.2 Å². The lowest BCUT2D eigenvalue weighted by Gasteiger charge is -2.08. The maximum absolute atomic E-state index is 12.0. The van der Waals surface area contributed by atoms with E-state index in [-0.39, 0.29) is 24.2 Å². The topological polar surface area (TPSA) is 84.2 Å². The first-order chi connectivity index (χ1) is 11.6. The van der Waals surface area contributed by atoms with Crippen molar-refractivity contribution in [2.75, 3.05) is 12.3 Å². The molecule has 2 amide bonds. The number of anilines is 1. The predicted molar refractivity (Wildman–Crippen MR) is 103 cm³/mol. The number of rotatable bonds is 7. The third-order valence-corrected chi connectivity index (χ3v) is 3.56. The molecule has 2 aromatic rings. The molecule has 0 aliphatic heterocycles. The highest BCUT2D eigenvalue weighted by Gasteiger charge is 2.07. The van der Waals surface area contributed by atoms with Crippen molar-refractivity contribution in [3.63, 3.8) is 0 Å². The molecule has 2 rings (SSSR count). The van der Waals surface area contributed by atoms with Gasteiger partial charge in [-0.2, -0.15) is 0 Å². The number of nitrogen functional groups attached to an aromatic ring is 1.